The number of hydrogen-bond donors (Lipinski definition) is 2. The van der Waals surface area contributed by atoms with E-state index in [0.717, 1.165) is 43.9 Å². The zero-order chi connectivity index (χ0) is 20.6. The summed E-state index contributed by atoms with van der Waals surface area (Å²) in [6.45, 7) is 8.04. The molecule has 1 aliphatic heterocycles. The maximum absolute atomic E-state index is 12.4. The number of amides is 2. The molecule has 0 saturated carbocycles. The van der Waals surface area contributed by atoms with Crippen LogP contribution in [0.5, 0.6) is 0 Å². The highest BCUT2D eigenvalue weighted by molar-refractivity contribution is 7.10. The van der Waals surface area contributed by atoms with E-state index >= 15 is 0 Å². The van der Waals surface area contributed by atoms with Crippen LogP contribution in [-0.4, -0.2) is 60.9 Å². The average molecular weight is 415 g/mol. The molecule has 0 bridgehead atoms. The Morgan fingerprint density at radius 1 is 1.00 bits per heavy atom. The Bertz CT molecular complexity index is 801. The predicted octanol–water partition coefficient (Wildman–Crippen LogP) is 2.74. The van der Waals surface area contributed by atoms with Gasteiger partial charge in [0.25, 0.3) is 0 Å². The number of aryl methyl sites for hydroxylation is 1. The molecule has 2 N–H and O–H groups in total. The average Bonchev–Trinajstić information content (AvgIpc) is 3.25. The fourth-order valence-electron chi connectivity index (χ4n) is 3.55. The van der Waals surface area contributed by atoms with E-state index in [1.807, 2.05) is 48.7 Å². The third kappa shape index (κ3) is 6.39. The molecule has 0 aliphatic carbocycles. The number of piperazine rings is 1. The smallest absolute Gasteiger partial charge is 0.238 e. The molecule has 29 heavy (non-hydrogen) atoms. The molecule has 1 saturated heterocycles. The highest BCUT2D eigenvalue weighted by Gasteiger charge is 2.21. The Morgan fingerprint density at radius 2 is 1.66 bits per heavy atom. The number of nitrogens with one attached hydrogen (secondary N) is 2. The fourth-order valence-corrected chi connectivity index (χ4v) is 4.28. The first kappa shape index (κ1) is 21.5. The van der Waals surface area contributed by atoms with Crippen molar-refractivity contribution in [2.45, 2.75) is 26.3 Å². The van der Waals surface area contributed by atoms with Crippen LogP contribution in [0.25, 0.3) is 0 Å². The van der Waals surface area contributed by atoms with E-state index in [2.05, 4.69) is 27.4 Å². The van der Waals surface area contributed by atoms with E-state index in [4.69, 9.17) is 0 Å². The van der Waals surface area contributed by atoms with Crippen molar-refractivity contribution in [1.82, 2.24) is 15.1 Å². The molecule has 2 heterocycles. The van der Waals surface area contributed by atoms with Crippen molar-refractivity contribution < 1.29 is 9.59 Å². The molecule has 2 aromatic rings. The SMILES string of the molecule is CCc1ccccc1NC(=O)CN1CCN(CC(=O)N[C@H](C)c2cccs2)CC1. The quantitative estimate of drug-likeness (QED) is 0.697. The van der Waals surface area contributed by atoms with E-state index in [1.165, 1.54) is 4.88 Å². The number of hydrogen-bond acceptors (Lipinski definition) is 5. The number of carbonyl (C=O) groups excluding carboxylic acids is 2. The van der Waals surface area contributed by atoms with E-state index in [1.54, 1.807) is 11.3 Å². The minimum atomic E-state index is 0.0156. The second-order valence-electron chi connectivity index (χ2n) is 7.42. The molecule has 3 rings (SSSR count). The van der Waals surface area contributed by atoms with Crippen molar-refractivity contribution >= 4 is 28.8 Å². The van der Waals surface area contributed by atoms with Crippen LogP contribution in [0.3, 0.4) is 0 Å². The lowest BCUT2D eigenvalue weighted by Gasteiger charge is -2.34. The van der Waals surface area contributed by atoms with Gasteiger partial charge >= 0.3 is 0 Å². The van der Waals surface area contributed by atoms with Crippen LogP contribution >= 0.6 is 11.3 Å². The van der Waals surface area contributed by atoms with E-state index in [9.17, 15) is 9.59 Å². The highest BCUT2D eigenvalue weighted by Crippen LogP contribution is 2.18. The summed E-state index contributed by atoms with van der Waals surface area (Å²) in [6, 6.07) is 12.0. The van der Waals surface area contributed by atoms with Crippen LogP contribution in [0.15, 0.2) is 41.8 Å². The van der Waals surface area contributed by atoms with Crippen molar-refractivity contribution in [1.29, 1.82) is 0 Å². The Kier molecular flexibility index (Phi) is 7.80. The summed E-state index contributed by atoms with van der Waals surface area (Å²) in [5, 5.41) is 8.11. The van der Waals surface area contributed by atoms with Crippen LogP contribution in [0.1, 0.15) is 30.3 Å². The van der Waals surface area contributed by atoms with Gasteiger partial charge in [0.1, 0.15) is 0 Å². The number of para-hydroxylation sites is 1. The van der Waals surface area contributed by atoms with E-state index in [0.29, 0.717) is 13.1 Å². The first-order valence-electron chi connectivity index (χ1n) is 10.2. The van der Waals surface area contributed by atoms with Gasteiger partial charge in [-0.15, -0.1) is 11.3 Å². The topological polar surface area (TPSA) is 64.7 Å². The van der Waals surface area contributed by atoms with Gasteiger partial charge in [-0.1, -0.05) is 31.2 Å². The second-order valence-corrected chi connectivity index (χ2v) is 8.40. The molecule has 1 aromatic heterocycles. The Balaban J connectivity index is 1.38. The lowest BCUT2D eigenvalue weighted by molar-refractivity contribution is -0.124. The van der Waals surface area contributed by atoms with Crippen molar-refractivity contribution in [2.75, 3.05) is 44.6 Å². The molecule has 0 radical (unpaired) electrons. The zero-order valence-electron chi connectivity index (χ0n) is 17.2. The number of rotatable bonds is 8. The fraction of sp³-hybridized carbons (Fsp3) is 0.455. The molecule has 0 unspecified atom stereocenters. The largest absolute Gasteiger partial charge is 0.348 e. The summed E-state index contributed by atoms with van der Waals surface area (Å²) in [5.41, 5.74) is 2.05. The third-order valence-electron chi connectivity index (χ3n) is 5.22. The van der Waals surface area contributed by atoms with Gasteiger partial charge in [0, 0.05) is 36.7 Å². The molecule has 156 valence electrons. The van der Waals surface area contributed by atoms with Crippen LogP contribution in [0.4, 0.5) is 5.69 Å². The van der Waals surface area contributed by atoms with Crippen molar-refractivity contribution in [2.24, 2.45) is 0 Å². The number of nitrogens with zero attached hydrogens (tertiary/aromatic N) is 2. The third-order valence-corrected chi connectivity index (χ3v) is 6.27. The lowest BCUT2D eigenvalue weighted by atomic mass is 10.1. The first-order valence-corrected chi connectivity index (χ1v) is 11.1. The summed E-state index contributed by atoms with van der Waals surface area (Å²) in [6.07, 6.45) is 0.891. The van der Waals surface area contributed by atoms with Gasteiger partial charge in [0.2, 0.25) is 11.8 Å². The van der Waals surface area contributed by atoms with Crippen molar-refractivity contribution in [3.8, 4) is 0 Å². The number of carbonyl (C=O) groups is 2. The van der Waals surface area contributed by atoms with Gasteiger partial charge in [0.15, 0.2) is 0 Å². The zero-order valence-corrected chi connectivity index (χ0v) is 18.0. The van der Waals surface area contributed by atoms with Gasteiger partial charge in [-0.3, -0.25) is 19.4 Å². The maximum Gasteiger partial charge on any atom is 0.238 e. The standard InChI is InChI=1S/C22H30N4O2S/c1-3-18-7-4-5-8-19(18)24-22(28)16-26-12-10-25(11-13-26)15-21(27)23-17(2)20-9-6-14-29-20/h4-9,14,17H,3,10-13,15-16H2,1-2H3,(H,23,27)(H,24,28)/t17-/m1/s1. The van der Waals surface area contributed by atoms with Gasteiger partial charge in [-0.2, -0.15) is 0 Å². The summed E-state index contributed by atoms with van der Waals surface area (Å²) < 4.78 is 0. The molecule has 6 nitrogen and oxygen atoms in total. The van der Waals surface area contributed by atoms with Gasteiger partial charge in [-0.05, 0) is 36.4 Å². The van der Waals surface area contributed by atoms with Crippen molar-refractivity contribution in [3.05, 3.63) is 52.2 Å². The molecule has 1 atom stereocenters. The first-order chi connectivity index (χ1) is 14.0. The Labute approximate surface area is 176 Å². The summed E-state index contributed by atoms with van der Waals surface area (Å²) in [4.78, 5) is 30.2. The Morgan fingerprint density at radius 3 is 2.28 bits per heavy atom. The normalized spacial score (nSPS) is 16.3. The van der Waals surface area contributed by atoms with Gasteiger partial charge in [0.05, 0.1) is 19.1 Å². The molecule has 7 heteroatoms. The molecule has 0 spiro atoms. The summed E-state index contributed by atoms with van der Waals surface area (Å²) in [5.74, 6) is 0.0649. The van der Waals surface area contributed by atoms with E-state index in [-0.39, 0.29) is 17.9 Å². The van der Waals surface area contributed by atoms with E-state index < -0.39 is 0 Å². The molecule has 1 aromatic carbocycles. The molecular weight excluding hydrogens is 384 g/mol. The van der Waals surface area contributed by atoms with Crippen LogP contribution < -0.4 is 10.6 Å². The molecular formula is C22H30N4O2S. The van der Waals surface area contributed by atoms with Crippen LogP contribution in [0.2, 0.25) is 0 Å². The highest BCUT2D eigenvalue weighted by atomic mass is 32.1. The summed E-state index contributed by atoms with van der Waals surface area (Å²) >= 11 is 1.65. The monoisotopic (exact) mass is 414 g/mol. The van der Waals surface area contributed by atoms with Crippen LogP contribution in [0, 0.1) is 0 Å². The minimum Gasteiger partial charge on any atom is -0.348 e. The number of thiophene rings is 1. The predicted molar refractivity (Wildman–Crippen MR) is 118 cm³/mol. The minimum absolute atomic E-state index is 0.0156. The second kappa shape index (κ2) is 10.5. The number of anilines is 1. The number of benzene rings is 1. The molecule has 1 aliphatic rings. The van der Waals surface area contributed by atoms with Gasteiger partial charge < -0.3 is 10.6 Å². The van der Waals surface area contributed by atoms with Crippen LogP contribution in [-0.2, 0) is 16.0 Å². The Hall–Kier alpha value is -2.22. The molecule has 1 fully saturated rings. The molecule has 2 amide bonds. The lowest BCUT2D eigenvalue weighted by Crippen LogP contribution is -2.51. The summed E-state index contributed by atoms with van der Waals surface area (Å²) in [7, 11) is 0. The maximum atomic E-state index is 12.4. The van der Waals surface area contributed by atoms with Crippen molar-refractivity contribution in [3.63, 3.8) is 0 Å². The van der Waals surface area contributed by atoms with Gasteiger partial charge in [-0.25, -0.2) is 0 Å².